The molecule has 4 aromatic rings. The zero-order valence-electron chi connectivity index (χ0n) is 12.8. The molecule has 0 spiro atoms. The predicted molar refractivity (Wildman–Crippen MR) is 91.9 cm³/mol. The second-order valence-electron chi connectivity index (χ2n) is 5.50. The summed E-state index contributed by atoms with van der Waals surface area (Å²) in [6.45, 7) is 0.637. The van der Waals surface area contributed by atoms with Crippen LogP contribution < -0.4 is 5.32 Å². The Morgan fingerprint density at radius 3 is 2.83 bits per heavy atom. The number of amides is 1. The third-order valence-corrected chi connectivity index (χ3v) is 3.85. The monoisotopic (exact) mass is 317 g/mol. The van der Waals surface area contributed by atoms with E-state index in [4.69, 9.17) is 4.42 Å². The zero-order chi connectivity index (χ0) is 16.4. The van der Waals surface area contributed by atoms with E-state index in [0.29, 0.717) is 12.2 Å². The van der Waals surface area contributed by atoms with Crippen LogP contribution in [0.3, 0.4) is 0 Å². The number of hydrogen-bond acceptors (Lipinski definition) is 3. The molecule has 2 aromatic heterocycles. The standard InChI is InChI=1S/C19H15N3O2/c23-19(18-9-4-10-24-18)21-16-11-20-22(13-16)12-15-7-3-6-14-5-1-2-8-17(14)15/h1-11,13H,12H2,(H,21,23). The van der Waals surface area contributed by atoms with Crippen LogP contribution in [0, 0.1) is 0 Å². The van der Waals surface area contributed by atoms with Crippen LogP contribution in [-0.2, 0) is 6.54 Å². The van der Waals surface area contributed by atoms with Crippen molar-refractivity contribution in [3.63, 3.8) is 0 Å². The summed E-state index contributed by atoms with van der Waals surface area (Å²) in [4.78, 5) is 12.0. The lowest BCUT2D eigenvalue weighted by atomic mass is 10.0. The molecule has 118 valence electrons. The molecule has 1 N–H and O–H groups in total. The summed E-state index contributed by atoms with van der Waals surface area (Å²) in [7, 11) is 0. The lowest BCUT2D eigenvalue weighted by molar-refractivity contribution is 0.0996. The molecule has 0 unspecified atom stereocenters. The molecule has 0 bridgehead atoms. The van der Waals surface area contributed by atoms with Gasteiger partial charge in [-0.15, -0.1) is 0 Å². The largest absolute Gasteiger partial charge is 0.459 e. The van der Waals surface area contributed by atoms with Gasteiger partial charge in [-0.3, -0.25) is 9.48 Å². The fourth-order valence-corrected chi connectivity index (χ4v) is 2.72. The average Bonchev–Trinajstić information content (AvgIpc) is 3.27. The van der Waals surface area contributed by atoms with Crippen LogP contribution in [0.1, 0.15) is 16.1 Å². The van der Waals surface area contributed by atoms with Gasteiger partial charge in [0.1, 0.15) is 0 Å². The Kier molecular flexibility index (Phi) is 3.59. The molecule has 0 radical (unpaired) electrons. The van der Waals surface area contributed by atoms with Gasteiger partial charge in [0.2, 0.25) is 0 Å². The van der Waals surface area contributed by atoms with Crippen molar-refractivity contribution in [3.8, 4) is 0 Å². The molecular formula is C19H15N3O2. The van der Waals surface area contributed by atoms with E-state index in [1.807, 2.05) is 24.4 Å². The van der Waals surface area contributed by atoms with Gasteiger partial charge in [0.05, 0.1) is 24.7 Å². The minimum Gasteiger partial charge on any atom is -0.459 e. The third-order valence-electron chi connectivity index (χ3n) is 3.85. The minimum absolute atomic E-state index is 0.275. The first-order chi connectivity index (χ1) is 11.8. The molecule has 2 aromatic carbocycles. The van der Waals surface area contributed by atoms with Crippen molar-refractivity contribution in [2.45, 2.75) is 6.54 Å². The maximum absolute atomic E-state index is 12.0. The summed E-state index contributed by atoms with van der Waals surface area (Å²) in [5, 5.41) is 9.50. The number of furan rings is 1. The SMILES string of the molecule is O=C(Nc1cnn(Cc2cccc3ccccc23)c1)c1ccco1. The molecule has 24 heavy (non-hydrogen) atoms. The van der Waals surface area contributed by atoms with E-state index >= 15 is 0 Å². The molecule has 0 saturated heterocycles. The molecule has 1 amide bonds. The van der Waals surface area contributed by atoms with E-state index in [1.165, 1.54) is 22.6 Å². The van der Waals surface area contributed by atoms with Crippen LogP contribution >= 0.6 is 0 Å². The van der Waals surface area contributed by atoms with Crippen molar-refractivity contribution in [1.29, 1.82) is 0 Å². The first-order valence-electron chi connectivity index (χ1n) is 7.63. The minimum atomic E-state index is -0.287. The third kappa shape index (κ3) is 2.79. The Morgan fingerprint density at radius 2 is 1.96 bits per heavy atom. The zero-order valence-corrected chi connectivity index (χ0v) is 12.8. The average molecular weight is 317 g/mol. The number of nitrogens with one attached hydrogen (secondary N) is 1. The molecule has 0 aliphatic carbocycles. The molecule has 4 rings (SSSR count). The summed E-state index contributed by atoms with van der Waals surface area (Å²) in [5.41, 5.74) is 1.82. The number of carbonyl (C=O) groups excluding carboxylic acids is 1. The van der Waals surface area contributed by atoms with Gasteiger partial charge in [-0.2, -0.15) is 5.10 Å². The lowest BCUT2D eigenvalue weighted by Crippen LogP contribution is -2.10. The second kappa shape index (κ2) is 6.04. The first-order valence-corrected chi connectivity index (χ1v) is 7.63. The van der Waals surface area contributed by atoms with Gasteiger partial charge >= 0.3 is 0 Å². The molecule has 2 heterocycles. The van der Waals surface area contributed by atoms with E-state index in [1.54, 1.807) is 23.0 Å². The van der Waals surface area contributed by atoms with Crippen LogP contribution in [0.15, 0.2) is 77.7 Å². The quantitative estimate of drug-likeness (QED) is 0.620. The van der Waals surface area contributed by atoms with Crippen LogP contribution in [0.2, 0.25) is 0 Å². The van der Waals surface area contributed by atoms with Crippen LogP contribution in [-0.4, -0.2) is 15.7 Å². The fourth-order valence-electron chi connectivity index (χ4n) is 2.72. The topological polar surface area (TPSA) is 60.1 Å². The van der Waals surface area contributed by atoms with Crippen LogP contribution in [0.25, 0.3) is 10.8 Å². The Hall–Kier alpha value is -3.34. The van der Waals surface area contributed by atoms with Crippen molar-refractivity contribution < 1.29 is 9.21 Å². The highest BCUT2D eigenvalue weighted by Gasteiger charge is 2.10. The van der Waals surface area contributed by atoms with Crippen molar-refractivity contribution in [3.05, 3.63) is 84.6 Å². The number of rotatable bonds is 4. The van der Waals surface area contributed by atoms with Crippen molar-refractivity contribution in [2.24, 2.45) is 0 Å². The van der Waals surface area contributed by atoms with Gasteiger partial charge in [0, 0.05) is 6.20 Å². The first kappa shape index (κ1) is 14.3. The number of aromatic nitrogens is 2. The Labute approximate surface area is 138 Å². The van der Waals surface area contributed by atoms with E-state index in [9.17, 15) is 4.79 Å². The van der Waals surface area contributed by atoms with E-state index in [2.05, 4.69) is 34.7 Å². The van der Waals surface area contributed by atoms with E-state index < -0.39 is 0 Å². The Bertz CT molecular complexity index is 981. The summed E-state index contributed by atoms with van der Waals surface area (Å²) >= 11 is 0. The fraction of sp³-hybridized carbons (Fsp3) is 0.0526. The Morgan fingerprint density at radius 1 is 1.08 bits per heavy atom. The molecule has 0 atom stereocenters. The smallest absolute Gasteiger partial charge is 0.291 e. The van der Waals surface area contributed by atoms with E-state index in [0.717, 1.165) is 0 Å². The number of anilines is 1. The van der Waals surface area contributed by atoms with Crippen molar-refractivity contribution in [1.82, 2.24) is 9.78 Å². The van der Waals surface area contributed by atoms with Crippen LogP contribution in [0.5, 0.6) is 0 Å². The second-order valence-corrected chi connectivity index (χ2v) is 5.50. The molecule has 5 nitrogen and oxygen atoms in total. The van der Waals surface area contributed by atoms with Crippen molar-refractivity contribution in [2.75, 3.05) is 5.32 Å². The van der Waals surface area contributed by atoms with Gasteiger partial charge in [0.25, 0.3) is 5.91 Å². The number of nitrogens with zero attached hydrogens (tertiary/aromatic N) is 2. The van der Waals surface area contributed by atoms with E-state index in [-0.39, 0.29) is 11.7 Å². The molecule has 0 saturated carbocycles. The molecule has 0 aliphatic heterocycles. The van der Waals surface area contributed by atoms with Gasteiger partial charge in [-0.05, 0) is 28.5 Å². The van der Waals surface area contributed by atoms with Crippen LogP contribution in [0.4, 0.5) is 5.69 Å². The highest BCUT2D eigenvalue weighted by atomic mass is 16.3. The highest BCUT2D eigenvalue weighted by molar-refractivity contribution is 6.02. The molecular weight excluding hydrogens is 302 g/mol. The van der Waals surface area contributed by atoms with Gasteiger partial charge < -0.3 is 9.73 Å². The molecule has 0 aliphatic rings. The lowest BCUT2D eigenvalue weighted by Gasteiger charge is -2.06. The number of carbonyl (C=O) groups is 1. The number of hydrogen-bond donors (Lipinski definition) is 1. The number of fused-ring (bicyclic) bond motifs is 1. The summed E-state index contributed by atoms with van der Waals surface area (Å²) in [5.74, 6) is -0.0125. The van der Waals surface area contributed by atoms with Gasteiger partial charge in [-0.25, -0.2) is 0 Å². The maximum atomic E-state index is 12.0. The summed E-state index contributed by atoms with van der Waals surface area (Å²) in [6, 6.07) is 17.8. The van der Waals surface area contributed by atoms with Gasteiger partial charge in [-0.1, -0.05) is 42.5 Å². The Balaban J connectivity index is 1.54. The predicted octanol–water partition coefficient (Wildman–Crippen LogP) is 3.93. The van der Waals surface area contributed by atoms with Crippen molar-refractivity contribution >= 4 is 22.4 Å². The number of benzene rings is 2. The maximum Gasteiger partial charge on any atom is 0.291 e. The van der Waals surface area contributed by atoms with Gasteiger partial charge in [0.15, 0.2) is 5.76 Å². The summed E-state index contributed by atoms with van der Waals surface area (Å²) < 4.78 is 6.88. The molecule has 5 heteroatoms. The summed E-state index contributed by atoms with van der Waals surface area (Å²) in [6.07, 6.45) is 4.91. The molecule has 0 fully saturated rings. The normalized spacial score (nSPS) is 10.8. The highest BCUT2D eigenvalue weighted by Crippen LogP contribution is 2.20.